The van der Waals surface area contributed by atoms with Crippen molar-refractivity contribution in [1.82, 2.24) is 10.1 Å². The highest BCUT2D eigenvalue weighted by atomic mass is 16.6. The van der Waals surface area contributed by atoms with Crippen molar-refractivity contribution in [3.8, 4) is 0 Å². The van der Waals surface area contributed by atoms with E-state index in [-0.39, 0.29) is 23.3 Å². The first-order chi connectivity index (χ1) is 15.5. The highest BCUT2D eigenvalue weighted by Gasteiger charge is 2.39. The molecule has 7 nitrogen and oxygen atoms in total. The minimum atomic E-state index is -0.349. The Balaban J connectivity index is 1.39. The van der Waals surface area contributed by atoms with Crippen molar-refractivity contribution in [3.05, 3.63) is 72.0 Å². The maximum absolute atomic E-state index is 12.9. The molecule has 1 aromatic heterocycles. The fourth-order valence-corrected chi connectivity index (χ4v) is 4.42. The van der Waals surface area contributed by atoms with Gasteiger partial charge in [0.1, 0.15) is 5.76 Å². The second-order valence-electron chi connectivity index (χ2n) is 8.57. The van der Waals surface area contributed by atoms with E-state index in [1.54, 1.807) is 17.9 Å². The number of ether oxygens (including phenoxy) is 1. The van der Waals surface area contributed by atoms with Crippen LogP contribution in [0.25, 0.3) is 0 Å². The summed E-state index contributed by atoms with van der Waals surface area (Å²) in [6.45, 7) is 3.26. The van der Waals surface area contributed by atoms with Gasteiger partial charge in [0.15, 0.2) is 5.82 Å². The third-order valence-corrected chi connectivity index (χ3v) is 6.25. The molecule has 0 spiro atoms. The van der Waals surface area contributed by atoms with E-state index in [0.29, 0.717) is 50.5 Å². The summed E-state index contributed by atoms with van der Waals surface area (Å²) in [4.78, 5) is 27.2. The van der Waals surface area contributed by atoms with E-state index in [2.05, 4.69) is 34.8 Å². The molecule has 1 N–H and O–H groups in total. The molecule has 1 fully saturated rings. The quantitative estimate of drug-likeness (QED) is 0.716. The first kappa shape index (κ1) is 21.9. The summed E-state index contributed by atoms with van der Waals surface area (Å²) in [5.74, 6) is 1.18. The molecule has 168 valence electrons. The molecule has 1 aromatic carbocycles. The van der Waals surface area contributed by atoms with Crippen molar-refractivity contribution in [2.45, 2.75) is 38.0 Å². The zero-order valence-corrected chi connectivity index (χ0v) is 18.3. The number of nitrogens with one attached hydrogen (secondary N) is 1. The Hall–Kier alpha value is -3.35. The largest absolute Gasteiger partial charge is 0.449 e. The number of rotatable bonds is 6. The van der Waals surface area contributed by atoms with Crippen molar-refractivity contribution in [2.75, 3.05) is 25.0 Å². The van der Waals surface area contributed by atoms with Crippen LogP contribution in [0.2, 0.25) is 0 Å². The van der Waals surface area contributed by atoms with Gasteiger partial charge in [-0.15, -0.1) is 0 Å². The molecule has 2 aromatic rings. The first-order valence-corrected chi connectivity index (χ1v) is 11.1. The molecule has 0 saturated carbocycles. The van der Waals surface area contributed by atoms with Crippen LogP contribution in [-0.4, -0.2) is 41.8 Å². The summed E-state index contributed by atoms with van der Waals surface area (Å²) >= 11 is 0. The van der Waals surface area contributed by atoms with Crippen LogP contribution in [0, 0.1) is 12.8 Å². The van der Waals surface area contributed by atoms with Crippen LogP contribution >= 0.6 is 0 Å². The summed E-state index contributed by atoms with van der Waals surface area (Å²) in [5.41, 5.74) is 0.760. The Morgan fingerprint density at radius 3 is 2.66 bits per heavy atom. The average Bonchev–Trinajstić information content (AvgIpc) is 3.23. The van der Waals surface area contributed by atoms with Gasteiger partial charge in [-0.05, 0) is 31.7 Å². The number of carbonyl (C=O) groups excluding carboxylic acids is 2. The Bertz CT molecular complexity index is 988. The van der Waals surface area contributed by atoms with E-state index >= 15 is 0 Å². The lowest BCUT2D eigenvalue weighted by Gasteiger charge is -2.41. The molecule has 7 heteroatoms. The van der Waals surface area contributed by atoms with Gasteiger partial charge in [0.2, 0.25) is 5.91 Å². The third kappa shape index (κ3) is 5.28. The highest BCUT2D eigenvalue weighted by molar-refractivity contribution is 5.90. The van der Waals surface area contributed by atoms with Crippen LogP contribution in [0.5, 0.6) is 0 Å². The molecule has 1 aliphatic carbocycles. The Labute approximate surface area is 188 Å². The SMILES string of the molecule is Cc1cc(NC(=O)CC2(c3ccccc3)CCN(C(=O)OCC3C=CC=CC3)CC2)no1. The van der Waals surface area contributed by atoms with Crippen LogP contribution in [0.3, 0.4) is 0 Å². The average molecular weight is 436 g/mol. The molecule has 2 aliphatic rings. The summed E-state index contributed by atoms with van der Waals surface area (Å²) in [7, 11) is 0. The maximum atomic E-state index is 12.9. The number of hydrogen-bond acceptors (Lipinski definition) is 5. The van der Waals surface area contributed by atoms with Gasteiger partial charge in [0.25, 0.3) is 0 Å². The zero-order chi connectivity index (χ0) is 22.4. The van der Waals surface area contributed by atoms with E-state index in [9.17, 15) is 9.59 Å². The zero-order valence-electron chi connectivity index (χ0n) is 18.3. The van der Waals surface area contributed by atoms with Crippen molar-refractivity contribution < 1.29 is 18.8 Å². The van der Waals surface area contributed by atoms with Gasteiger partial charge in [-0.25, -0.2) is 4.79 Å². The summed E-state index contributed by atoms with van der Waals surface area (Å²) in [6.07, 6.45) is 10.4. The van der Waals surface area contributed by atoms with Gasteiger partial charge in [-0.1, -0.05) is 59.8 Å². The van der Waals surface area contributed by atoms with Crippen molar-refractivity contribution in [1.29, 1.82) is 0 Å². The number of aromatic nitrogens is 1. The number of likely N-dealkylation sites (tertiary alicyclic amines) is 1. The fraction of sp³-hybridized carbons (Fsp3) is 0.400. The summed E-state index contributed by atoms with van der Waals surface area (Å²) < 4.78 is 10.6. The molecule has 1 saturated heterocycles. The molecular formula is C25H29N3O4. The number of carbonyl (C=O) groups is 2. The number of allylic oxidation sites excluding steroid dienone is 3. The molecular weight excluding hydrogens is 406 g/mol. The number of hydrogen-bond donors (Lipinski definition) is 1. The normalized spacial score (nSPS) is 19.5. The number of aryl methyl sites for hydroxylation is 1. The van der Waals surface area contributed by atoms with Crippen LogP contribution in [0.4, 0.5) is 10.6 Å². The monoisotopic (exact) mass is 435 g/mol. The maximum Gasteiger partial charge on any atom is 0.409 e. The summed E-state index contributed by atoms with van der Waals surface area (Å²) in [5, 5.41) is 6.69. The molecule has 0 bridgehead atoms. The minimum Gasteiger partial charge on any atom is -0.449 e. The van der Waals surface area contributed by atoms with E-state index < -0.39 is 0 Å². The van der Waals surface area contributed by atoms with Gasteiger partial charge >= 0.3 is 6.09 Å². The van der Waals surface area contributed by atoms with Crippen LogP contribution in [0.15, 0.2) is 65.2 Å². The first-order valence-electron chi connectivity index (χ1n) is 11.1. The minimum absolute atomic E-state index is 0.115. The second kappa shape index (κ2) is 9.85. The Morgan fingerprint density at radius 1 is 1.22 bits per heavy atom. The second-order valence-corrected chi connectivity index (χ2v) is 8.57. The molecule has 2 heterocycles. The molecule has 1 unspecified atom stereocenters. The third-order valence-electron chi connectivity index (χ3n) is 6.25. The van der Waals surface area contributed by atoms with Crippen molar-refractivity contribution in [3.63, 3.8) is 0 Å². The number of benzene rings is 1. The lowest BCUT2D eigenvalue weighted by Crippen LogP contribution is -2.47. The van der Waals surface area contributed by atoms with Gasteiger partial charge in [0.05, 0.1) is 6.61 Å². The summed E-state index contributed by atoms with van der Waals surface area (Å²) in [6, 6.07) is 11.8. The molecule has 1 aliphatic heterocycles. The van der Waals surface area contributed by atoms with E-state index in [4.69, 9.17) is 9.26 Å². The van der Waals surface area contributed by atoms with Crippen LogP contribution in [-0.2, 0) is 14.9 Å². The van der Waals surface area contributed by atoms with Gasteiger partial charge in [0, 0.05) is 36.9 Å². The molecule has 32 heavy (non-hydrogen) atoms. The van der Waals surface area contributed by atoms with Gasteiger partial charge in [-0.2, -0.15) is 0 Å². The van der Waals surface area contributed by atoms with Crippen LogP contribution in [0.1, 0.15) is 37.0 Å². The Morgan fingerprint density at radius 2 is 2.00 bits per heavy atom. The van der Waals surface area contributed by atoms with Crippen molar-refractivity contribution in [2.24, 2.45) is 5.92 Å². The highest BCUT2D eigenvalue weighted by Crippen LogP contribution is 2.39. The van der Waals surface area contributed by atoms with E-state index in [1.807, 2.05) is 30.4 Å². The number of amides is 2. The predicted molar refractivity (Wildman–Crippen MR) is 121 cm³/mol. The molecule has 4 rings (SSSR count). The standard InChI is InChI=1S/C25H29N3O4/c1-19-16-22(27-32-19)26-23(29)17-25(21-10-6-3-7-11-21)12-14-28(15-13-25)24(30)31-18-20-8-4-2-5-9-20/h2-8,10-11,16,20H,9,12-15,17-18H2,1H3,(H,26,27,29). The fourth-order valence-electron chi connectivity index (χ4n) is 4.42. The van der Waals surface area contributed by atoms with Gasteiger partial charge < -0.3 is 19.5 Å². The predicted octanol–water partition coefficient (Wildman–Crippen LogP) is 4.61. The molecule has 2 amide bonds. The lowest BCUT2D eigenvalue weighted by atomic mass is 9.70. The smallest absolute Gasteiger partial charge is 0.409 e. The Kier molecular flexibility index (Phi) is 6.73. The van der Waals surface area contributed by atoms with E-state index in [1.165, 1.54) is 0 Å². The number of piperidine rings is 1. The molecule has 0 radical (unpaired) electrons. The number of anilines is 1. The van der Waals surface area contributed by atoms with E-state index in [0.717, 1.165) is 12.0 Å². The van der Waals surface area contributed by atoms with Crippen molar-refractivity contribution >= 4 is 17.8 Å². The topological polar surface area (TPSA) is 84.7 Å². The number of nitrogens with zero attached hydrogens (tertiary/aromatic N) is 2. The lowest BCUT2D eigenvalue weighted by molar-refractivity contribution is -0.117. The molecule has 1 atom stereocenters. The van der Waals surface area contributed by atoms with Crippen LogP contribution < -0.4 is 5.32 Å². The van der Waals surface area contributed by atoms with Gasteiger partial charge in [-0.3, -0.25) is 4.79 Å².